The zero-order valence-electron chi connectivity index (χ0n) is 17.4. The summed E-state index contributed by atoms with van der Waals surface area (Å²) in [5.41, 5.74) is 1.47. The molecule has 7 heteroatoms. The van der Waals surface area contributed by atoms with Gasteiger partial charge in [-0.25, -0.2) is 14.5 Å². The van der Waals surface area contributed by atoms with Crippen molar-refractivity contribution in [2.75, 3.05) is 12.3 Å². The summed E-state index contributed by atoms with van der Waals surface area (Å²) in [5, 5.41) is 1.03. The molecule has 156 valence electrons. The Morgan fingerprint density at radius 2 is 2.03 bits per heavy atom. The van der Waals surface area contributed by atoms with Gasteiger partial charge in [0.05, 0.1) is 16.7 Å². The van der Waals surface area contributed by atoms with E-state index in [4.69, 9.17) is 4.98 Å². The highest BCUT2D eigenvalue weighted by Gasteiger charge is 2.26. The van der Waals surface area contributed by atoms with E-state index in [-0.39, 0.29) is 17.2 Å². The van der Waals surface area contributed by atoms with Gasteiger partial charge in [-0.15, -0.1) is 0 Å². The molecule has 1 fully saturated rings. The summed E-state index contributed by atoms with van der Waals surface area (Å²) in [4.78, 5) is 37.4. The first-order valence-electron chi connectivity index (χ1n) is 10.5. The molecule has 1 aromatic carbocycles. The third-order valence-electron chi connectivity index (χ3n) is 5.61. The van der Waals surface area contributed by atoms with Crippen LogP contribution in [-0.2, 0) is 4.79 Å². The van der Waals surface area contributed by atoms with Crippen molar-refractivity contribution in [3.05, 3.63) is 58.5 Å². The molecule has 6 nitrogen and oxygen atoms in total. The molecule has 3 aromatic rings. The second kappa shape index (κ2) is 9.00. The summed E-state index contributed by atoms with van der Waals surface area (Å²) in [6.07, 6.45) is 6.01. The van der Waals surface area contributed by atoms with Crippen molar-refractivity contribution in [1.29, 1.82) is 0 Å². The number of piperidine rings is 1. The summed E-state index contributed by atoms with van der Waals surface area (Å²) in [7, 11) is 0. The Kier molecular flexibility index (Phi) is 6.18. The molecule has 1 unspecified atom stereocenters. The third-order valence-corrected chi connectivity index (χ3v) is 6.54. The molecule has 3 heterocycles. The Morgan fingerprint density at radius 1 is 1.20 bits per heavy atom. The highest BCUT2D eigenvalue weighted by Crippen LogP contribution is 2.24. The van der Waals surface area contributed by atoms with Crippen LogP contribution in [-0.4, -0.2) is 43.7 Å². The van der Waals surface area contributed by atoms with Gasteiger partial charge in [-0.1, -0.05) is 36.9 Å². The molecule has 0 spiro atoms. The number of pyridine rings is 1. The summed E-state index contributed by atoms with van der Waals surface area (Å²) in [5.74, 6) is 0.883. The lowest BCUT2D eigenvalue weighted by molar-refractivity contribution is -0.132. The smallest absolute Gasteiger partial charge is 0.267 e. The number of hydrogen-bond donors (Lipinski definition) is 0. The first kappa shape index (κ1) is 20.6. The molecule has 30 heavy (non-hydrogen) atoms. The van der Waals surface area contributed by atoms with Crippen molar-refractivity contribution in [3.8, 4) is 5.82 Å². The number of nitrogens with zero attached hydrogens (tertiary/aromatic N) is 4. The van der Waals surface area contributed by atoms with Crippen molar-refractivity contribution < 1.29 is 4.79 Å². The van der Waals surface area contributed by atoms with Crippen LogP contribution >= 0.6 is 11.8 Å². The topological polar surface area (TPSA) is 68.1 Å². The Morgan fingerprint density at radius 3 is 2.80 bits per heavy atom. The number of carbonyl (C=O) groups excluding carboxylic acids is 1. The Labute approximate surface area is 180 Å². The summed E-state index contributed by atoms with van der Waals surface area (Å²) in [6, 6.07) is 11.3. The molecule has 4 rings (SSSR count). The first-order chi connectivity index (χ1) is 14.6. The van der Waals surface area contributed by atoms with E-state index >= 15 is 0 Å². The molecular weight excluding hydrogens is 396 g/mol. The van der Waals surface area contributed by atoms with Gasteiger partial charge in [0.15, 0.2) is 5.16 Å². The maximum atomic E-state index is 13.3. The largest absolute Gasteiger partial charge is 0.339 e. The van der Waals surface area contributed by atoms with Crippen molar-refractivity contribution >= 4 is 28.6 Å². The van der Waals surface area contributed by atoms with E-state index in [9.17, 15) is 9.59 Å². The predicted molar refractivity (Wildman–Crippen MR) is 120 cm³/mol. The van der Waals surface area contributed by atoms with Crippen molar-refractivity contribution in [1.82, 2.24) is 19.4 Å². The van der Waals surface area contributed by atoms with E-state index < -0.39 is 0 Å². The van der Waals surface area contributed by atoms with E-state index in [0.717, 1.165) is 31.4 Å². The molecule has 0 radical (unpaired) electrons. The lowest BCUT2D eigenvalue weighted by atomic mass is 10.0. The third kappa shape index (κ3) is 4.12. The zero-order valence-corrected chi connectivity index (χ0v) is 18.2. The quantitative estimate of drug-likeness (QED) is 0.460. The standard InChI is InChI=1S/C23H26N4O2S/c1-3-17-8-6-7-13-26(17)21(28)15-30-23-25-19-10-5-4-9-18(19)22(29)27(23)20-12-11-16(2)14-24-20/h4-5,9-12,14,17H,3,6-8,13,15H2,1-2H3. The Bertz CT molecular complexity index is 1110. The van der Waals surface area contributed by atoms with Gasteiger partial charge in [0.25, 0.3) is 5.56 Å². The van der Waals surface area contributed by atoms with Crippen LogP contribution in [0.2, 0.25) is 0 Å². The van der Waals surface area contributed by atoms with E-state index in [2.05, 4.69) is 11.9 Å². The number of rotatable bonds is 5. The molecule has 0 bridgehead atoms. The fraction of sp³-hybridized carbons (Fsp3) is 0.391. The minimum absolute atomic E-state index is 0.109. The van der Waals surface area contributed by atoms with E-state index in [1.54, 1.807) is 12.3 Å². The fourth-order valence-corrected chi connectivity index (χ4v) is 4.85. The van der Waals surface area contributed by atoms with Crippen LogP contribution in [0.3, 0.4) is 0 Å². The average molecular weight is 423 g/mol. The van der Waals surface area contributed by atoms with Gasteiger partial charge in [-0.3, -0.25) is 9.59 Å². The molecule has 2 aromatic heterocycles. The van der Waals surface area contributed by atoms with Gasteiger partial charge in [-0.2, -0.15) is 0 Å². The van der Waals surface area contributed by atoms with Crippen LogP contribution in [0.25, 0.3) is 16.7 Å². The van der Waals surface area contributed by atoms with Crippen LogP contribution < -0.4 is 5.56 Å². The Hall–Kier alpha value is -2.67. The molecule has 0 aliphatic carbocycles. The van der Waals surface area contributed by atoms with E-state index in [0.29, 0.717) is 27.9 Å². The number of aromatic nitrogens is 3. The van der Waals surface area contributed by atoms with Crippen LogP contribution in [0, 0.1) is 6.92 Å². The minimum atomic E-state index is -0.170. The van der Waals surface area contributed by atoms with Crippen LogP contribution in [0.1, 0.15) is 38.2 Å². The average Bonchev–Trinajstić information content (AvgIpc) is 2.78. The molecule has 1 amide bonds. The van der Waals surface area contributed by atoms with Crippen molar-refractivity contribution in [2.45, 2.75) is 50.7 Å². The number of fused-ring (bicyclic) bond motifs is 1. The van der Waals surface area contributed by atoms with Gasteiger partial charge in [0.2, 0.25) is 5.91 Å². The molecule has 1 atom stereocenters. The van der Waals surface area contributed by atoms with Crippen molar-refractivity contribution in [3.63, 3.8) is 0 Å². The summed E-state index contributed by atoms with van der Waals surface area (Å²) < 4.78 is 1.52. The van der Waals surface area contributed by atoms with Crippen LogP contribution in [0.5, 0.6) is 0 Å². The number of benzene rings is 1. The van der Waals surface area contributed by atoms with Gasteiger partial charge >= 0.3 is 0 Å². The number of para-hydroxylation sites is 1. The summed E-state index contributed by atoms with van der Waals surface area (Å²) in [6.45, 7) is 4.90. The number of amides is 1. The highest BCUT2D eigenvalue weighted by atomic mass is 32.2. The maximum absolute atomic E-state index is 13.3. The normalized spacial score (nSPS) is 16.7. The number of aryl methyl sites for hydroxylation is 1. The zero-order chi connectivity index (χ0) is 21.1. The van der Waals surface area contributed by atoms with Gasteiger partial charge in [0.1, 0.15) is 5.82 Å². The van der Waals surface area contributed by atoms with Gasteiger partial charge < -0.3 is 4.90 Å². The lowest BCUT2D eigenvalue weighted by Crippen LogP contribution is -2.44. The first-order valence-corrected chi connectivity index (χ1v) is 11.4. The second-order valence-corrected chi connectivity index (χ2v) is 8.62. The molecule has 1 aliphatic heterocycles. The van der Waals surface area contributed by atoms with Crippen LogP contribution in [0.15, 0.2) is 52.5 Å². The fourth-order valence-electron chi connectivity index (χ4n) is 3.97. The number of thioether (sulfide) groups is 1. The summed E-state index contributed by atoms with van der Waals surface area (Å²) >= 11 is 1.31. The van der Waals surface area contributed by atoms with E-state index in [1.807, 2.05) is 42.2 Å². The van der Waals surface area contributed by atoms with E-state index in [1.165, 1.54) is 22.7 Å². The SMILES string of the molecule is CCC1CCCCN1C(=O)CSc1nc2ccccc2c(=O)n1-c1ccc(C)cn1. The van der Waals surface area contributed by atoms with Crippen LogP contribution in [0.4, 0.5) is 0 Å². The highest BCUT2D eigenvalue weighted by molar-refractivity contribution is 7.99. The second-order valence-electron chi connectivity index (χ2n) is 7.68. The molecule has 1 saturated heterocycles. The van der Waals surface area contributed by atoms with Gasteiger partial charge in [0, 0.05) is 18.8 Å². The van der Waals surface area contributed by atoms with Gasteiger partial charge in [-0.05, 0) is 56.4 Å². The molecule has 0 saturated carbocycles. The number of carbonyl (C=O) groups is 1. The number of hydrogen-bond acceptors (Lipinski definition) is 5. The monoisotopic (exact) mass is 422 g/mol. The Balaban J connectivity index is 1.69. The van der Waals surface area contributed by atoms with Crippen molar-refractivity contribution in [2.24, 2.45) is 0 Å². The molecule has 1 aliphatic rings. The maximum Gasteiger partial charge on any atom is 0.267 e. The minimum Gasteiger partial charge on any atom is -0.339 e. The number of likely N-dealkylation sites (tertiary alicyclic amines) is 1. The lowest BCUT2D eigenvalue weighted by Gasteiger charge is -2.35. The molecule has 0 N–H and O–H groups in total. The molecular formula is C23H26N4O2S. The predicted octanol–water partition coefficient (Wildman–Crippen LogP) is 3.97.